The minimum Gasteiger partial charge on any atom is -0.497 e. The van der Waals surface area contributed by atoms with Gasteiger partial charge in [0, 0.05) is 19.7 Å². The van der Waals surface area contributed by atoms with Gasteiger partial charge in [-0.1, -0.05) is 13.8 Å². The van der Waals surface area contributed by atoms with Gasteiger partial charge in [0.1, 0.15) is 11.5 Å². The Hall–Kier alpha value is -1.42. The number of benzene rings is 1. The minimum absolute atomic E-state index is 0.0584. The summed E-state index contributed by atoms with van der Waals surface area (Å²) in [6.45, 7) is 5.79. The quantitative estimate of drug-likeness (QED) is 0.842. The standard InChI is InChI=1S/C14H24N2O2/c1-14(2,9-15)10-16(3)12-8-11(17-4)6-7-13(12)18-5/h6-8H,9-10,15H2,1-5H3. The molecule has 0 radical (unpaired) electrons. The second kappa shape index (κ2) is 5.96. The van der Waals surface area contributed by atoms with Gasteiger partial charge < -0.3 is 20.1 Å². The summed E-state index contributed by atoms with van der Waals surface area (Å²) >= 11 is 0. The number of anilines is 1. The molecule has 4 heteroatoms. The Morgan fingerprint density at radius 1 is 1.22 bits per heavy atom. The predicted octanol–water partition coefficient (Wildman–Crippen LogP) is 2.12. The molecule has 0 aliphatic carbocycles. The zero-order valence-electron chi connectivity index (χ0n) is 12.0. The highest BCUT2D eigenvalue weighted by atomic mass is 16.5. The van der Waals surface area contributed by atoms with Gasteiger partial charge in [-0.25, -0.2) is 0 Å². The molecule has 0 heterocycles. The lowest BCUT2D eigenvalue weighted by molar-refractivity contribution is 0.377. The van der Waals surface area contributed by atoms with Gasteiger partial charge in [-0.05, 0) is 24.1 Å². The number of ether oxygens (including phenoxy) is 2. The zero-order valence-corrected chi connectivity index (χ0v) is 12.0. The van der Waals surface area contributed by atoms with Crippen molar-refractivity contribution in [2.24, 2.45) is 11.1 Å². The first-order valence-electron chi connectivity index (χ1n) is 6.07. The second-order valence-electron chi connectivity index (χ2n) is 5.26. The van der Waals surface area contributed by atoms with Crippen molar-refractivity contribution in [1.82, 2.24) is 0 Å². The van der Waals surface area contributed by atoms with Crippen LogP contribution in [-0.4, -0.2) is 34.4 Å². The van der Waals surface area contributed by atoms with Crippen LogP contribution >= 0.6 is 0 Å². The third-order valence-corrected chi connectivity index (χ3v) is 3.02. The molecule has 4 nitrogen and oxygen atoms in total. The first-order chi connectivity index (χ1) is 8.43. The van der Waals surface area contributed by atoms with E-state index in [1.54, 1.807) is 14.2 Å². The van der Waals surface area contributed by atoms with Gasteiger partial charge in [0.05, 0.1) is 19.9 Å². The van der Waals surface area contributed by atoms with Gasteiger partial charge in [-0.2, -0.15) is 0 Å². The van der Waals surface area contributed by atoms with Gasteiger partial charge in [-0.3, -0.25) is 0 Å². The Kier molecular flexibility index (Phi) is 4.84. The van der Waals surface area contributed by atoms with E-state index in [1.165, 1.54) is 0 Å². The Labute approximate surface area is 110 Å². The average Bonchev–Trinajstić information content (AvgIpc) is 2.37. The molecule has 102 valence electrons. The third kappa shape index (κ3) is 3.53. The summed E-state index contributed by atoms with van der Waals surface area (Å²) in [6, 6.07) is 5.79. The van der Waals surface area contributed by atoms with E-state index in [0.29, 0.717) is 6.54 Å². The molecule has 0 amide bonds. The van der Waals surface area contributed by atoms with Crippen LogP contribution in [0.1, 0.15) is 13.8 Å². The fraction of sp³-hybridized carbons (Fsp3) is 0.571. The molecular formula is C14H24N2O2. The summed E-state index contributed by atoms with van der Waals surface area (Å²) < 4.78 is 10.6. The molecule has 0 saturated heterocycles. The Morgan fingerprint density at radius 2 is 1.89 bits per heavy atom. The summed E-state index contributed by atoms with van der Waals surface area (Å²) in [4.78, 5) is 2.15. The van der Waals surface area contributed by atoms with Gasteiger partial charge >= 0.3 is 0 Å². The minimum atomic E-state index is 0.0584. The van der Waals surface area contributed by atoms with Crippen LogP contribution in [0.4, 0.5) is 5.69 Å². The third-order valence-electron chi connectivity index (χ3n) is 3.02. The van der Waals surface area contributed by atoms with Crippen molar-refractivity contribution in [2.45, 2.75) is 13.8 Å². The van der Waals surface area contributed by atoms with Crippen LogP contribution < -0.4 is 20.1 Å². The summed E-state index contributed by atoms with van der Waals surface area (Å²) in [5, 5.41) is 0. The molecule has 0 saturated carbocycles. The lowest BCUT2D eigenvalue weighted by atomic mass is 9.93. The van der Waals surface area contributed by atoms with Crippen LogP contribution in [0.3, 0.4) is 0 Å². The number of rotatable bonds is 6. The van der Waals surface area contributed by atoms with E-state index in [1.807, 2.05) is 25.2 Å². The molecule has 18 heavy (non-hydrogen) atoms. The monoisotopic (exact) mass is 252 g/mol. The molecule has 0 atom stereocenters. The van der Waals surface area contributed by atoms with E-state index in [-0.39, 0.29) is 5.41 Å². The average molecular weight is 252 g/mol. The number of nitrogens with zero attached hydrogens (tertiary/aromatic N) is 1. The molecule has 0 spiro atoms. The second-order valence-corrected chi connectivity index (χ2v) is 5.26. The summed E-state index contributed by atoms with van der Waals surface area (Å²) in [5.74, 6) is 1.66. The topological polar surface area (TPSA) is 47.7 Å². The molecule has 0 aliphatic rings. The molecule has 0 fully saturated rings. The molecule has 1 aromatic carbocycles. The van der Waals surface area contributed by atoms with Crippen LogP contribution in [0.5, 0.6) is 11.5 Å². The van der Waals surface area contributed by atoms with Crippen molar-refractivity contribution in [1.29, 1.82) is 0 Å². The number of hydrogen-bond acceptors (Lipinski definition) is 4. The highest BCUT2D eigenvalue weighted by Crippen LogP contribution is 2.33. The lowest BCUT2D eigenvalue weighted by Gasteiger charge is -2.31. The number of hydrogen-bond donors (Lipinski definition) is 1. The largest absolute Gasteiger partial charge is 0.497 e. The normalized spacial score (nSPS) is 11.2. The van der Waals surface area contributed by atoms with E-state index in [9.17, 15) is 0 Å². The van der Waals surface area contributed by atoms with E-state index >= 15 is 0 Å². The fourth-order valence-electron chi connectivity index (χ4n) is 1.89. The van der Waals surface area contributed by atoms with Crippen LogP contribution in [0.15, 0.2) is 18.2 Å². The van der Waals surface area contributed by atoms with Crippen molar-refractivity contribution in [3.8, 4) is 11.5 Å². The summed E-state index contributed by atoms with van der Waals surface area (Å²) in [6.07, 6.45) is 0. The van der Waals surface area contributed by atoms with Gasteiger partial charge in [0.2, 0.25) is 0 Å². The molecule has 0 bridgehead atoms. The molecule has 0 aliphatic heterocycles. The van der Waals surface area contributed by atoms with Crippen molar-refractivity contribution in [3.63, 3.8) is 0 Å². The van der Waals surface area contributed by atoms with Crippen molar-refractivity contribution in [2.75, 3.05) is 39.3 Å². The lowest BCUT2D eigenvalue weighted by Crippen LogP contribution is -2.36. The van der Waals surface area contributed by atoms with Crippen LogP contribution in [0.2, 0.25) is 0 Å². The van der Waals surface area contributed by atoms with Crippen molar-refractivity contribution < 1.29 is 9.47 Å². The van der Waals surface area contributed by atoms with Crippen LogP contribution in [-0.2, 0) is 0 Å². The maximum Gasteiger partial charge on any atom is 0.142 e. The van der Waals surface area contributed by atoms with Crippen LogP contribution in [0, 0.1) is 5.41 Å². The zero-order chi connectivity index (χ0) is 13.8. The van der Waals surface area contributed by atoms with E-state index in [2.05, 4.69) is 18.7 Å². The van der Waals surface area contributed by atoms with Gasteiger partial charge in [0.15, 0.2) is 0 Å². The highest BCUT2D eigenvalue weighted by Gasteiger charge is 2.20. The Morgan fingerprint density at radius 3 is 2.39 bits per heavy atom. The SMILES string of the molecule is COc1ccc(OC)c(N(C)CC(C)(C)CN)c1. The van der Waals surface area contributed by atoms with E-state index < -0.39 is 0 Å². The molecule has 0 aromatic heterocycles. The van der Waals surface area contributed by atoms with Gasteiger partial charge in [0.25, 0.3) is 0 Å². The Balaban J connectivity index is 2.99. The first-order valence-corrected chi connectivity index (χ1v) is 6.07. The fourth-order valence-corrected chi connectivity index (χ4v) is 1.89. The van der Waals surface area contributed by atoms with E-state index in [4.69, 9.17) is 15.2 Å². The Bertz CT molecular complexity index is 391. The summed E-state index contributed by atoms with van der Waals surface area (Å²) in [7, 11) is 5.37. The molecule has 1 aromatic rings. The van der Waals surface area contributed by atoms with Crippen LogP contribution in [0.25, 0.3) is 0 Å². The van der Waals surface area contributed by atoms with Crippen molar-refractivity contribution in [3.05, 3.63) is 18.2 Å². The predicted molar refractivity (Wildman–Crippen MR) is 75.7 cm³/mol. The maximum absolute atomic E-state index is 5.78. The van der Waals surface area contributed by atoms with Crippen molar-refractivity contribution >= 4 is 5.69 Å². The van der Waals surface area contributed by atoms with E-state index in [0.717, 1.165) is 23.7 Å². The van der Waals surface area contributed by atoms with Gasteiger partial charge in [-0.15, -0.1) is 0 Å². The molecular weight excluding hydrogens is 228 g/mol. The highest BCUT2D eigenvalue weighted by molar-refractivity contribution is 5.61. The first kappa shape index (κ1) is 14.6. The molecule has 1 rings (SSSR count). The number of methoxy groups -OCH3 is 2. The maximum atomic E-state index is 5.78. The summed E-state index contributed by atoms with van der Waals surface area (Å²) in [5.41, 5.74) is 6.85. The number of nitrogens with two attached hydrogens (primary N) is 1. The molecule has 2 N–H and O–H groups in total. The molecule has 0 unspecified atom stereocenters. The smallest absolute Gasteiger partial charge is 0.142 e.